The number of halogens is 1. The fourth-order valence-electron chi connectivity index (χ4n) is 1.47. The second-order valence-electron chi connectivity index (χ2n) is 3.63. The average Bonchev–Trinajstić information content (AvgIpc) is 2.42. The number of benzene rings is 1. The van der Waals surface area contributed by atoms with Crippen LogP contribution >= 0.6 is 27.7 Å². The summed E-state index contributed by atoms with van der Waals surface area (Å²) in [6, 6.07) is 8.88. The van der Waals surface area contributed by atoms with Gasteiger partial charge in [-0.05, 0) is 40.2 Å². The molecular formula is C13H11BrN2O2S. The molecule has 0 aliphatic heterocycles. The highest BCUT2D eigenvalue weighted by Gasteiger charge is 2.15. The lowest BCUT2D eigenvalue weighted by atomic mass is 10.2. The summed E-state index contributed by atoms with van der Waals surface area (Å²) in [5, 5.41) is 0.756. The van der Waals surface area contributed by atoms with E-state index in [0.717, 1.165) is 9.50 Å². The fourth-order valence-corrected chi connectivity index (χ4v) is 2.60. The van der Waals surface area contributed by atoms with Crippen LogP contribution in [0.25, 0.3) is 0 Å². The Morgan fingerprint density at radius 3 is 2.79 bits per heavy atom. The highest BCUT2D eigenvalue weighted by molar-refractivity contribution is 9.10. The Morgan fingerprint density at radius 1 is 1.37 bits per heavy atom. The predicted molar refractivity (Wildman–Crippen MR) is 78.3 cm³/mol. The molecule has 0 bridgehead atoms. The van der Waals surface area contributed by atoms with E-state index in [-0.39, 0.29) is 0 Å². The SMILES string of the molecule is COC(=O)c1cccc(N)c1Sc1ccc(Br)cn1. The van der Waals surface area contributed by atoms with Gasteiger partial charge < -0.3 is 10.5 Å². The molecule has 0 fully saturated rings. The van der Waals surface area contributed by atoms with Gasteiger partial charge in [-0.2, -0.15) is 0 Å². The summed E-state index contributed by atoms with van der Waals surface area (Å²) < 4.78 is 5.65. The zero-order chi connectivity index (χ0) is 13.8. The van der Waals surface area contributed by atoms with E-state index in [0.29, 0.717) is 16.1 Å². The van der Waals surface area contributed by atoms with E-state index in [1.807, 2.05) is 12.1 Å². The van der Waals surface area contributed by atoms with Crippen molar-refractivity contribution < 1.29 is 9.53 Å². The van der Waals surface area contributed by atoms with Crippen molar-refractivity contribution >= 4 is 39.3 Å². The molecule has 0 amide bonds. The molecular weight excluding hydrogens is 328 g/mol. The fraction of sp³-hybridized carbons (Fsp3) is 0.0769. The molecule has 1 heterocycles. The molecule has 2 aromatic rings. The summed E-state index contributed by atoms with van der Waals surface area (Å²) in [6.45, 7) is 0. The van der Waals surface area contributed by atoms with Crippen molar-refractivity contribution in [1.82, 2.24) is 4.98 Å². The monoisotopic (exact) mass is 338 g/mol. The molecule has 0 saturated heterocycles. The van der Waals surface area contributed by atoms with E-state index < -0.39 is 5.97 Å². The van der Waals surface area contributed by atoms with Crippen molar-refractivity contribution in [3.63, 3.8) is 0 Å². The molecule has 1 aromatic carbocycles. The Hall–Kier alpha value is -1.53. The number of nitrogen functional groups attached to an aromatic ring is 1. The molecule has 0 aliphatic carbocycles. The first kappa shape index (κ1) is 13.9. The van der Waals surface area contributed by atoms with Gasteiger partial charge in [-0.1, -0.05) is 17.8 Å². The number of carbonyl (C=O) groups excluding carboxylic acids is 1. The maximum Gasteiger partial charge on any atom is 0.339 e. The molecule has 2 rings (SSSR count). The Labute approximate surface area is 123 Å². The number of aromatic nitrogens is 1. The zero-order valence-corrected chi connectivity index (χ0v) is 12.5. The van der Waals surface area contributed by atoms with Gasteiger partial charge in [-0.25, -0.2) is 9.78 Å². The third-order valence-electron chi connectivity index (χ3n) is 2.36. The molecule has 0 unspecified atom stereocenters. The number of rotatable bonds is 3. The van der Waals surface area contributed by atoms with Crippen molar-refractivity contribution in [2.24, 2.45) is 0 Å². The Balaban J connectivity index is 2.38. The van der Waals surface area contributed by atoms with Crippen LogP contribution in [0.2, 0.25) is 0 Å². The van der Waals surface area contributed by atoms with E-state index in [1.165, 1.54) is 18.9 Å². The van der Waals surface area contributed by atoms with Crippen molar-refractivity contribution in [2.45, 2.75) is 9.92 Å². The molecule has 2 N–H and O–H groups in total. The first-order chi connectivity index (χ1) is 9.11. The Morgan fingerprint density at radius 2 is 2.16 bits per heavy atom. The van der Waals surface area contributed by atoms with Crippen LogP contribution in [0.4, 0.5) is 5.69 Å². The minimum absolute atomic E-state index is 0.410. The summed E-state index contributed by atoms with van der Waals surface area (Å²) in [6.07, 6.45) is 1.69. The number of esters is 1. The summed E-state index contributed by atoms with van der Waals surface area (Å²) >= 11 is 4.66. The highest BCUT2D eigenvalue weighted by atomic mass is 79.9. The topological polar surface area (TPSA) is 65.2 Å². The maximum atomic E-state index is 11.7. The van der Waals surface area contributed by atoms with Gasteiger partial charge >= 0.3 is 5.97 Å². The molecule has 4 nitrogen and oxygen atoms in total. The smallest absolute Gasteiger partial charge is 0.339 e. The maximum absolute atomic E-state index is 11.7. The number of anilines is 1. The molecule has 0 atom stereocenters. The summed E-state index contributed by atoms with van der Waals surface area (Å²) in [7, 11) is 1.35. The van der Waals surface area contributed by atoms with E-state index in [2.05, 4.69) is 20.9 Å². The molecule has 0 spiro atoms. The second-order valence-corrected chi connectivity index (χ2v) is 5.58. The first-order valence-corrected chi connectivity index (χ1v) is 6.99. The van der Waals surface area contributed by atoms with Crippen LogP contribution in [-0.2, 0) is 4.74 Å². The van der Waals surface area contributed by atoms with E-state index >= 15 is 0 Å². The number of nitrogens with zero attached hydrogens (tertiary/aromatic N) is 1. The third kappa shape index (κ3) is 3.27. The van der Waals surface area contributed by atoms with Crippen molar-refractivity contribution in [3.8, 4) is 0 Å². The van der Waals surface area contributed by atoms with Gasteiger partial charge in [0.2, 0.25) is 0 Å². The van der Waals surface area contributed by atoms with Crippen molar-refractivity contribution in [2.75, 3.05) is 12.8 Å². The molecule has 0 aliphatic rings. The van der Waals surface area contributed by atoms with Crippen LogP contribution in [0.3, 0.4) is 0 Å². The van der Waals surface area contributed by atoms with Crippen LogP contribution < -0.4 is 5.73 Å². The van der Waals surface area contributed by atoms with Crippen molar-refractivity contribution in [3.05, 3.63) is 46.6 Å². The Bertz CT molecular complexity index is 602. The van der Waals surface area contributed by atoms with Gasteiger partial charge in [0.05, 0.1) is 17.6 Å². The van der Waals surface area contributed by atoms with Crippen molar-refractivity contribution in [1.29, 1.82) is 0 Å². The quantitative estimate of drug-likeness (QED) is 0.686. The van der Waals surface area contributed by atoms with Gasteiger partial charge in [-0.3, -0.25) is 0 Å². The van der Waals surface area contributed by atoms with Crippen LogP contribution in [-0.4, -0.2) is 18.1 Å². The minimum atomic E-state index is -0.410. The summed E-state index contributed by atoms with van der Waals surface area (Å²) in [5.74, 6) is -0.410. The van der Waals surface area contributed by atoms with Gasteiger partial charge in [0.25, 0.3) is 0 Å². The highest BCUT2D eigenvalue weighted by Crippen LogP contribution is 2.34. The number of hydrogen-bond acceptors (Lipinski definition) is 5. The molecule has 98 valence electrons. The van der Waals surface area contributed by atoms with Crippen LogP contribution in [0.15, 0.2) is 50.9 Å². The Kier molecular flexibility index (Phi) is 4.44. The predicted octanol–water partition coefficient (Wildman–Crippen LogP) is 3.36. The van der Waals surface area contributed by atoms with E-state index in [1.54, 1.807) is 24.4 Å². The van der Waals surface area contributed by atoms with Gasteiger partial charge in [-0.15, -0.1) is 0 Å². The summed E-state index contributed by atoms with van der Waals surface area (Å²) in [5.41, 5.74) is 6.89. The number of hydrogen-bond donors (Lipinski definition) is 1. The van der Waals surface area contributed by atoms with Crippen LogP contribution in [0, 0.1) is 0 Å². The number of methoxy groups -OCH3 is 1. The molecule has 0 saturated carbocycles. The third-order valence-corrected chi connectivity index (χ3v) is 3.94. The number of nitrogens with two attached hydrogens (primary N) is 1. The van der Waals surface area contributed by atoms with Gasteiger partial charge in [0.15, 0.2) is 0 Å². The molecule has 19 heavy (non-hydrogen) atoms. The average molecular weight is 339 g/mol. The van der Waals surface area contributed by atoms with E-state index in [4.69, 9.17) is 10.5 Å². The molecule has 0 radical (unpaired) electrons. The first-order valence-electron chi connectivity index (χ1n) is 5.38. The normalized spacial score (nSPS) is 10.2. The molecule has 6 heteroatoms. The number of pyridine rings is 1. The number of ether oxygens (including phenoxy) is 1. The standard InChI is InChI=1S/C13H11BrN2O2S/c1-18-13(17)9-3-2-4-10(15)12(9)19-11-6-5-8(14)7-16-11/h2-7H,15H2,1H3. The largest absolute Gasteiger partial charge is 0.465 e. The lowest BCUT2D eigenvalue weighted by molar-refractivity contribution is 0.0597. The lowest BCUT2D eigenvalue weighted by Gasteiger charge is -2.09. The summed E-state index contributed by atoms with van der Waals surface area (Å²) in [4.78, 5) is 16.6. The van der Waals surface area contributed by atoms with E-state index in [9.17, 15) is 4.79 Å². The van der Waals surface area contributed by atoms with Gasteiger partial charge in [0, 0.05) is 16.4 Å². The zero-order valence-electron chi connectivity index (χ0n) is 10.1. The minimum Gasteiger partial charge on any atom is -0.465 e. The number of carbonyl (C=O) groups is 1. The van der Waals surface area contributed by atoms with Crippen LogP contribution in [0.5, 0.6) is 0 Å². The lowest BCUT2D eigenvalue weighted by Crippen LogP contribution is -2.05. The van der Waals surface area contributed by atoms with Gasteiger partial charge in [0.1, 0.15) is 5.03 Å². The van der Waals surface area contributed by atoms with Crippen LogP contribution in [0.1, 0.15) is 10.4 Å². The molecule has 1 aromatic heterocycles. The second kappa shape index (κ2) is 6.08.